The third-order valence-corrected chi connectivity index (χ3v) is 10.2. The van der Waals surface area contributed by atoms with Crippen molar-refractivity contribution in [3.8, 4) is 22.3 Å². The normalized spacial score (nSPS) is 14.1. The molecule has 1 aliphatic carbocycles. The molecule has 222 valence electrons. The number of hydrogen-bond donors (Lipinski definition) is 1. The second-order valence-corrected chi connectivity index (χ2v) is 13.3. The molecule has 0 aromatic heterocycles. The third kappa shape index (κ3) is 6.77. The van der Waals surface area contributed by atoms with Crippen LogP contribution in [0.2, 0.25) is 20.1 Å². The molecule has 0 atom stereocenters. The lowest BCUT2D eigenvalue weighted by atomic mass is 9.59. The molecular weight excluding hydrogens is 612 g/mol. The Kier molecular flexibility index (Phi) is 10.4. The smallest absolute Gasteiger partial charge is 0.0502 e. The fourth-order valence-electron chi connectivity index (χ4n) is 6.90. The first kappa shape index (κ1) is 31.9. The Labute approximate surface area is 276 Å². The number of rotatable bonds is 10. The number of nitrogens with two attached hydrogens (primary N) is 1. The summed E-state index contributed by atoms with van der Waals surface area (Å²) < 4.78 is 0. The van der Waals surface area contributed by atoms with E-state index in [9.17, 15) is 0 Å². The van der Waals surface area contributed by atoms with Crippen molar-refractivity contribution in [2.24, 2.45) is 17.1 Å². The van der Waals surface area contributed by atoms with E-state index in [2.05, 4.69) is 13.2 Å². The molecule has 0 heterocycles. The van der Waals surface area contributed by atoms with Crippen LogP contribution in [-0.4, -0.2) is 6.54 Å². The molecule has 1 nitrogen and oxygen atoms in total. The summed E-state index contributed by atoms with van der Waals surface area (Å²) in [7, 11) is 0. The maximum atomic E-state index is 6.82. The van der Waals surface area contributed by atoms with Crippen LogP contribution in [0, 0.1) is 11.3 Å². The molecule has 2 N–H and O–H groups in total. The zero-order valence-corrected chi connectivity index (χ0v) is 27.3. The van der Waals surface area contributed by atoms with Crippen molar-refractivity contribution in [3.63, 3.8) is 0 Å². The first-order valence-corrected chi connectivity index (χ1v) is 16.4. The molecule has 0 radical (unpaired) electrons. The maximum absolute atomic E-state index is 6.82. The van der Waals surface area contributed by atoms with E-state index in [1.807, 2.05) is 84.9 Å². The molecule has 5 heteroatoms. The minimum atomic E-state index is -0.450. The SMILES string of the molecule is C=C(Cc1cc(Cl)c(-c2ccccc2)c(Cl)c1)C(CN)(C(=C)Cc1cc(Cl)c(-c2ccccc2)c(Cl)c1)C1CCCCC1. The standard InChI is InChI=1S/C38H37Cl4N/c1-25(18-27-20-32(39)36(33(40)21-27)29-12-6-3-7-13-29)38(24-43,31-16-10-5-11-17-31)26(2)19-28-22-34(41)37(35(42)23-28)30-14-8-4-9-15-30/h3-4,6-9,12-15,20-23,31H,1-2,5,10-11,16-19,24,43H2. The highest BCUT2D eigenvalue weighted by Gasteiger charge is 2.42. The molecule has 4 aromatic carbocycles. The second kappa shape index (κ2) is 14.1. The predicted octanol–water partition coefficient (Wildman–Crippen LogP) is 12.1. The van der Waals surface area contributed by atoms with Gasteiger partial charge in [0.2, 0.25) is 0 Å². The molecule has 43 heavy (non-hydrogen) atoms. The van der Waals surface area contributed by atoms with Crippen LogP contribution in [0.4, 0.5) is 0 Å². The Morgan fingerprint density at radius 3 is 1.35 bits per heavy atom. The number of halogens is 4. The zero-order valence-electron chi connectivity index (χ0n) is 24.3. The van der Waals surface area contributed by atoms with Crippen LogP contribution in [-0.2, 0) is 12.8 Å². The zero-order chi connectivity index (χ0) is 30.6. The van der Waals surface area contributed by atoms with Crippen molar-refractivity contribution in [1.82, 2.24) is 0 Å². The lowest BCUT2D eigenvalue weighted by Crippen LogP contribution is -2.43. The van der Waals surface area contributed by atoms with Gasteiger partial charge in [0.05, 0.1) is 20.1 Å². The maximum Gasteiger partial charge on any atom is 0.0502 e. The van der Waals surface area contributed by atoms with Gasteiger partial charge in [-0.2, -0.15) is 0 Å². The van der Waals surface area contributed by atoms with E-state index in [0.717, 1.165) is 57.4 Å². The fourth-order valence-corrected chi connectivity index (χ4v) is 8.40. The summed E-state index contributed by atoms with van der Waals surface area (Å²) in [6.45, 7) is 9.79. The molecular formula is C38H37Cl4N. The highest BCUT2D eigenvalue weighted by Crippen LogP contribution is 2.50. The first-order chi connectivity index (χ1) is 20.7. The Bertz CT molecular complexity index is 1450. The van der Waals surface area contributed by atoms with Crippen LogP contribution in [0.25, 0.3) is 22.3 Å². The van der Waals surface area contributed by atoms with Gasteiger partial charge in [-0.15, -0.1) is 0 Å². The average molecular weight is 650 g/mol. The quantitative estimate of drug-likeness (QED) is 0.170. The van der Waals surface area contributed by atoms with Crippen molar-refractivity contribution >= 4 is 46.4 Å². The lowest BCUT2D eigenvalue weighted by Gasteiger charge is -2.46. The van der Waals surface area contributed by atoms with E-state index in [-0.39, 0.29) is 0 Å². The van der Waals surface area contributed by atoms with Gasteiger partial charge in [-0.1, -0.05) is 151 Å². The lowest BCUT2D eigenvalue weighted by molar-refractivity contribution is 0.197. The van der Waals surface area contributed by atoms with Crippen LogP contribution in [0.15, 0.2) is 109 Å². The van der Waals surface area contributed by atoms with Crippen LogP contribution >= 0.6 is 46.4 Å². The molecule has 0 aliphatic heterocycles. The van der Waals surface area contributed by atoms with Gasteiger partial charge in [0.15, 0.2) is 0 Å². The van der Waals surface area contributed by atoms with Crippen molar-refractivity contribution < 1.29 is 0 Å². The summed E-state index contributed by atoms with van der Waals surface area (Å²) in [5.41, 5.74) is 14.1. The Morgan fingerprint density at radius 2 is 1.00 bits per heavy atom. The van der Waals surface area contributed by atoms with Gasteiger partial charge in [0, 0.05) is 23.1 Å². The molecule has 0 unspecified atom stereocenters. The predicted molar refractivity (Wildman–Crippen MR) is 188 cm³/mol. The molecule has 0 bridgehead atoms. The van der Waals surface area contributed by atoms with Gasteiger partial charge < -0.3 is 5.73 Å². The van der Waals surface area contributed by atoms with E-state index in [4.69, 9.17) is 52.1 Å². The van der Waals surface area contributed by atoms with Gasteiger partial charge >= 0.3 is 0 Å². The van der Waals surface area contributed by atoms with E-state index >= 15 is 0 Å². The highest BCUT2D eigenvalue weighted by molar-refractivity contribution is 6.40. The monoisotopic (exact) mass is 647 g/mol. The molecule has 1 fully saturated rings. The van der Waals surface area contributed by atoms with Gasteiger partial charge in [0.1, 0.15) is 0 Å². The largest absolute Gasteiger partial charge is 0.329 e. The number of benzene rings is 4. The molecule has 0 saturated heterocycles. The van der Waals surface area contributed by atoms with Gasteiger partial charge in [0.25, 0.3) is 0 Å². The van der Waals surface area contributed by atoms with Crippen molar-refractivity contribution in [2.45, 2.75) is 44.9 Å². The molecule has 0 spiro atoms. The molecule has 4 aromatic rings. The van der Waals surface area contributed by atoms with E-state index in [0.29, 0.717) is 45.4 Å². The summed E-state index contributed by atoms with van der Waals surface area (Å²) in [4.78, 5) is 0. The topological polar surface area (TPSA) is 26.0 Å². The summed E-state index contributed by atoms with van der Waals surface area (Å²) in [5.74, 6) is 0.357. The van der Waals surface area contributed by atoms with Crippen molar-refractivity contribution in [2.75, 3.05) is 6.54 Å². The summed E-state index contributed by atoms with van der Waals surface area (Å²) in [6, 6.07) is 28.0. The van der Waals surface area contributed by atoms with E-state index < -0.39 is 5.41 Å². The van der Waals surface area contributed by atoms with Gasteiger partial charge in [-0.05, 0) is 78.1 Å². The van der Waals surface area contributed by atoms with Gasteiger partial charge in [-0.25, -0.2) is 0 Å². The highest BCUT2D eigenvalue weighted by atomic mass is 35.5. The summed E-state index contributed by atoms with van der Waals surface area (Å²) in [5, 5.41) is 2.50. The third-order valence-electron chi connectivity index (χ3n) is 9.05. The fraction of sp³-hybridized carbons (Fsp3) is 0.263. The van der Waals surface area contributed by atoms with Crippen LogP contribution in [0.3, 0.4) is 0 Å². The number of hydrogen-bond acceptors (Lipinski definition) is 1. The molecule has 5 rings (SSSR count). The van der Waals surface area contributed by atoms with E-state index in [1.54, 1.807) is 0 Å². The molecule has 1 saturated carbocycles. The molecule has 0 amide bonds. The summed E-state index contributed by atoms with van der Waals surface area (Å²) in [6.07, 6.45) is 7.01. The minimum absolute atomic E-state index is 0.357. The van der Waals surface area contributed by atoms with E-state index in [1.165, 1.54) is 19.3 Å². The average Bonchev–Trinajstić information content (AvgIpc) is 2.99. The Balaban J connectivity index is 1.46. The second-order valence-electron chi connectivity index (χ2n) is 11.7. The van der Waals surface area contributed by atoms with Crippen molar-refractivity contribution in [1.29, 1.82) is 0 Å². The van der Waals surface area contributed by atoms with Gasteiger partial charge in [-0.3, -0.25) is 0 Å². The Morgan fingerprint density at radius 1 is 0.628 bits per heavy atom. The van der Waals surface area contributed by atoms with Crippen LogP contribution in [0.1, 0.15) is 43.2 Å². The Hall–Kier alpha value is -2.52. The molecule has 1 aliphatic rings. The van der Waals surface area contributed by atoms with Crippen molar-refractivity contribution in [3.05, 3.63) is 140 Å². The first-order valence-electron chi connectivity index (χ1n) is 14.9. The summed E-state index contributed by atoms with van der Waals surface area (Å²) >= 11 is 27.3. The van der Waals surface area contributed by atoms with Crippen LogP contribution in [0.5, 0.6) is 0 Å². The van der Waals surface area contributed by atoms with Crippen LogP contribution < -0.4 is 5.73 Å². The minimum Gasteiger partial charge on any atom is -0.329 e.